The molecule has 1 aromatic carbocycles. The fourth-order valence-electron chi connectivity index (χ4n) is 2.13. The quantitative estimate of drug-likeness (QED) is 0.587. The molecule has 5 heteroatoms. The highest BCUT2D eigenvalue weighted by Gasteiger charge is 2.16. The number of non-ortho nitro benzene ring substituents is 1. The van der Waals surface area contributed by atoms with Crippen LogP contribution in [0.4, 0.5) is 11.4 Å². The van der Waals surface area contributed by atoms with E-state index >= 15 is 0 Å². The van der Waals surface area contributed by atoms with E-state index in [0.29, 0.717) is 12.2 Å². The SMILES string of the molecule is CCC(CC)C(O)CNc1cc([N+](=O)[O-])ccc1C. The van der Waals surface area contributed by atoms with Crippen LogP contribution in [0.5, 0.6) is 0 Å². The highest BCUT2D eigenvalue weighted by molar-refractivity contribution is 5.56. The molecule has 1 rings (SSSR count). The van der Waals surface area contributed by atoms with E-state index in [0.717, 1.165) is 18.4 Å². The first-order valence-electron chi connectivity index (χ1n) is 6.66. The molecule has 1 aromatic rings. The number of nitrogens with zero attached hydrogens (tertiary/aromatic N) is 1. The van der Waals surface area contributed by atoms with Crippen molar-refractivity contribution in [2.75, 3.05) is 11.9 Å². The second-order valence-corrected chi connectivity index (χ2v) is 4.78. The van der Waals surface area contributed by atoms with Crippen molar-refractivity contribution in [3.05, 3.63) is 33.9 Å². The summed E-state index contributed by atoms with van der Waals surface area (Å²) >= 11 is 0. The molecule has 0 heterocycles. The smallest absolute Gasteiger partial charge is 0.271 e. The molecule has 0 aliphatic rings. The number of anilines is 1. The second kappa shape index (κ2) is 7.09. The molecule has 5 nitrogen and oxygen atoms in total. The van der Waals surface area contributed by atoms with Gasteiger partial charge in [-0.25, -0.2) is 0 Å². The maximum Gasteiger partial charge on any atom is 0.271 e. The molecule has 0 amide bonds. The number of nitro groups is 1. The van der Waals surface area contributed by atoms with Gasteiger partial charge in [-0.15, -0.1) is 0 Å². The minimum atomic E-state index is -0.436. The molecule has 1 atom stereocenters. The molecule has 19 heavy (non-hydrogen) atoms. The van der Waals surface area contributed by atoms with E-state index in [-0.39, 0.29) is 11.6 Å². The van der Waals surface area contributed by atoms with Gasteiger partial charge in [0.25, 0.3) is 5.69 Å². The first-order valence-corrected chi connectivity index (χ1v) is 6.66. The van der Waals surface area contributed by atoms with Crippen LogP contribution < -0.4 is 5.32 Å². The van der Waals surface area contributed by atoms with Gasteiger partial charge in [-0.1, -0.05) is 32.8 Å². The van der Waals surface area contributed by atoms with Gasteiger partial charge in [0.2, 0.25) is 0 Å². The molecular formula is C14H22N2O3. The van der Waals surface area contributed by atoms with Gasteiger partial charge >= 0.3 is 0 Å². The van der Waals surface area contributed by atoms with Crippen molar-refractivity contribution < 1.29 is 10.0 Å². The summed E-state index contributed by atoms with van der Waals surface area (Å²) in [5.74, 6) is 0.256. The maximum absolute atomic E-state index is 10.7. The minimum absolute atomic E-state index is 0.0603. The largest absolute Gasteiger partial charge is 0.391 e. The molecule has 0 saturated carbocycles. The molecule has 0 bridgehead atoms. The van der Waals surface area contributed by atoms with Gasteiger partial charge in [-0.3, -0.25) is 10.1 Å². The Kier molecular flexibility index (Phi) is 5.76. The third-order valence-corrected chi connectivity index (χ3v) is 3.53. The number of nitrogens with one attached hydrogen (secondary N) is 1. The molecule has 0 spiro atoms. The Labute approximate surface area is 113 Å². The lowest BCUT2D eigenvalue weighted by Gasteiger charge is -2.21. The summed E-state index contributed by atoms with van der Waals surface area (Å²) in [5.41, 5.74) is 1.70. The summed E-state index contributed by atoms with van der Waals surface area (Å²) in [5, 5.41) is 23.9. The zero-order valence-corrected chi connectivity index (χ0v) is 11.7. The topological polar surface area (TPSA) is 75.4 Å². The van der Waals surface area contributed by atoms with Crippen molar-refractivity contribution >= 4 is 11.4 Å². The van der Waals surface area contributed by atoms with Crippen molar-refractivity contribution in [3.63, 3.8) is 0 Å². The average Bonchev–Trinajstić information content (AvgIpc) is 2.38. The van der Waals surface area contributed by atoms with Gasteiger partial charge in [0.05, 0.1) is 11.0 Å². The van der Waals surface area contributed by atoms with Crippen LogP contribution in [-0.2, 0) is 0 Å². The maximum atomic E-state index is 10.7. The first kappa shape index (κ1) is 15.4. The number of hydrogen-bond acceptors (Lipinski definition) is 4. The van der Waals surface area contributed by atoms with Crippen LogP contribution in [0.1, 0.15) is 32.3 Å². The zero-order chi connectivity index (χ0) is 14.4. The van der Waals surface area contributed by atoms with Crippen LogP contribution in [0.2, 0.25) is 0 Å². The zero-order valence-electron chi connectivity index (χ0n) is 11.7. The van der Waals surface area contributed by atoms with Gasteiger partial charge in [0, 0.05) is 24.4 Å². The molecule has 0 fully saturated rings. The standard InChI is InChI=1S/C14H22N2O3/c1-4-11(5-2)14(17)9-15-13-8-12(16(18)19)7-6-10(13)3/h6-8,11,14-15,17H,4-5,9H2,1-3H3. The Morgan fingerprint density at radius 3 is 2.53 bits per heavy atom. The number of rotatable bonds is 7. The number of aliphatic hydroxyl groups excluding tert-OH is 1. The fourth-order valence-corrected chi connectivity index (χ4v) is 2.13. The molecule has 0 aliphatic carbocycles. The molecule has 0 radical (unpaired) electrons. The molecular weight excluding hydrogens is 244 g/mol. The summed E-state index contributed by atoms with van der Waals surface area (Å²) in [7, 11) is 0. The van der Waals surface area contributed by atoms with Crippen molar-refractivity contribution in [1.82, 2.24) is 0 Å². The van der Waals surface area contributed by atoms with Crippen LogP contribution in [0.15, 0.2) is 18.2 Å². The van der Waals surface area contributed by atoms with Crippen LogP contribution in [0, 0.1) is 23.0 Å². The Bertz CT molecular complexity index is 431. The lowest BCUT2D eigenvalue weighted by molar-refractivity contribution is -0.384. The number of aliphatic hydroxyl groups is 1. The molecule has 0 aliphatic heterocycles. The molecule has 106 valence electrons. The van der Waals surface area contributed by atoms with E-state index in [2.05, 4.69) is 19.2 Å². The van der Waals surface area contributed by atoms with Gasteiger partial charge in [-0.05, 0) is 18.4 Å². The Hall–Kier alpha value is -1.62. The summed E-state index contributed by atoms with van der Waals surface area (Å²) in [6.45, 7) is 6.40. The molecule has 0 saturated heterocycles. The van der Waals surface area contributed by atoms with E-state index in [1.54, 1.807) is 6.07 Å². The van der Waals surface area contributed by atoms with Gasteiger partial charge in [0.1, 0.15) is 0 Å². The average molecular weight is 266 g/mol. The summed E-state index contributed by atoms with van der Waals surface area (Å²) in [6, 6.07) is 4.71. The number of nitro benzene ring substituents is 1. The van der Waals surface area contributed by atoms with Crippen molar-refractivity contribution in [3.8, 4) is 0 Å². The molecule has 0 aromatic heterocycles. The van der Waals surface area contributed by atoms with Gasteiger partial charge in [-0.2, -0.15) is 0 Å². The van der Waals surface area contributed by atoms with Crippen molar-refractivity contribution in [2.45, 2.75) is 39.7 Å². The Morgan fingerprint density at radius 2 is 2.00 bits per heavy atom. The third-order valence-electron chi connectivity index (χ3n) is 3.53. The fraction of sp³-hybridized carbons (Fsp3) is 0.571. The lowest BCUT2D eigenvalue weighted by Crippen LogP contribution is -2.27. The number of aryl methyl sites for hydroxylation is 1. The lowest BCUT2D eigenvalue weighted by atomic mass is 9.96. The van der Waals surface area contributed by atoms with E-state index in [1.165, 1.54) is 12.1 Å². The van der Waals surface area contributed by atoms with E-state index < -0.39 is 11.0 Å². The second-order valence-electron chi connectivity index (χ2n) is 4.78. The number of benzene rings is 1. The highest BCUT2D eigenvalue weighted by Crippen LogP contribution is 2.22. The van der Waals surface area contributed by atoms with Crippen LogP contribution >= 0.6 is 0 Å². The number of hydrogen-bond donors (Lipinski definition) is 2. The first-order chi connectivity index (χ1) is 8.99. The van der Waals surface area contributed by atoms with Crippen LogP contribution in [0.25, 0.3) is 0 Å². The molecule has 1 unspecified atom stereocenters. The summed E-state index contributed by atoms with van der Waals surface area (Å²) in [4.78, 5) is 10.3. The van der Waals surface area contributed by atoms with Crippen molar-refractivity contribution in [1.29, 1.82) is 0 Å². The van der Waals surface area contributed by atoms with Crippen LogP contribution in [-0.4, -0.2) is 22.7 Å². The summed E-state index contributed by atoms with van der Waals surface area (Å²) in [6.07, 6.45) is 1.41. The summed E-state index contributed by atoms with van der Waals surface area (Å²) < 4.78 is 0. The third kappa shape index (κ3) is 4.21. The van der Waals surface area contributed by atoms with Gasteiger partial charge in [0.15, 0.2) is 0 Å². The molecule has 2 N–H and O–H groups in total. The highest BCUT2D eigenvalue weighted by atomic mass is 16.6. The monoisotopic (exact) mass is 266 g/mol. The Balaban J connectivity index is 2.71. The normalized spacial score (nSPS) is 12.5. The van der Waals surface area contributed by atoms with E-state index in [4.69, 9.17) is 0 Å². The van der Waals surface area contributed by atoms with Crippen LogP contribution in [0.3, 0.4) is 0 Å². The minimum Gasteiger partial charge on any atom is -0.391 e. The Morgan fingerprint density at radius 1 is 1.37 bits per heavy atom. The van der Waals surface area contributed by atoms with E-state index in [9.17, 15) is 15.2 Å². The van der Waals surface area contributed by atoms with E-state index in [1.807, 2.05) is 6.92 Å². The predicted molar refractivity (Wildman–Crippen MR) is 76.4 cm³/mol. The van der Waals surface area contributed by atoms with Crippen molar-refractivity contribution in [2.24, 2.45) is 5.92 Å². The van der Waals surface area contributed by atoms with Gasteiger partial charge < -0.3 is 10.4 Å². The predicted octanol–water partition coefficient (Wildman–Crippen LogP) is 3.11.